The molecule has 2 aromatic heterocycles. The SMILES string of the molecule is C=CCNC(=O)c1ccccc1NC(=O)c1sc(NC(=O)c2ccco2)cc1C. The van der Waals surface area contributed by atoms with Crippen LogP contribution in [0.3, 0.4) is 0 Å². The van der Waals surface area contributed by atoms with Crippen molar-refractivity contribution in [1.82, 2.24) is 5.32 Å². The van der Waals surface area contributed by atoms with Gasteiger partial charge >= 0.3 is 0 Å². The van der Waals surface area contributed by atoms with Gasteiger partial charge in [0, 0.05) is 6.54 Å². The lowest BCUT2D eigenvalue weighted by Crippen LogP contribution is -2.25. The number of rotatable bonds is 7. The number of aryl methyl sites for hydroxylation is 1. The average molecular weight is 409 g/mol. The van der Waals surface area contributed by atoms with Crippen molar-refractivity contribution in [3.05, 3.63) is 83.1 Å². The summed E-state index contributed by atoms with van der Waals surface area (Å²) in [6.07, 6.45) is 2.99. The van der Waals surface area contributed by atoms with Crippen molar-refractivity contribution in [2.45, 2.75) is 6.92 Å². The van der Waals surface area contributed by atoms with E-state index < -0.39 is 5.91 Å². The molecule has 0 fully saturated rings. The first kappa shape index (κ1) is 20.1. The van der Waals surface area contributed by atoms with Crippen LogP contribution in [-0.4, -0.2) is 24.3 Å². The van der Waals surface area contributed by atoms with Gasteiger partial charge in [0.05, 0.1) is 27.4 Å². The number of thiophene rings is 1. The van der Waals surface area contributed by atoms with E-state index in [9.17, 15) is 14.4 Å². The van der Waals surface area contributed by atoms with Gasteiger partial charge < -0.3 is 20.4 Å². The predicted octanol–water partition coefficient (Wildman–Crippen LogP) is 4.07. The summed E-state index contributed by atoms with van der Waals surface area (Å²) < 4.78 is 5.06. The van der Waals surface area contributed by atoms with Crippen LogP contribution in [0.25, 0.3) is 0 Å². The third-order valence-corrected chi connectivity index (χ3v) is 5.08. The monoisotopic (exact) mass is 409 g/mol. The lowest BCUT2D eigenvalue weighted by Gasteiger charge is -2.10. The van der Waals surface area contributed by atoms with Crippen LogP contribution in [0.5, 0.6) is 0 Å². The molecule has 0 atom stereocenters. The van der Waals surface area contributed by atoms with E-state index >= 15 is 0 Å². The zero-order chi connectivity index (χ0) is 20.8. The quantitative estimate of drug-likeness (QED) is 0.512. The number of benzene rings is 1. The van der Waals surface area contributed by atoms with Gasteiger partial charge in [0.1, 0.15) is 0 Å². The molecular weight excluding hydrogens is 390 g/mol. The van der Waals surface area contributed by atoms with Crippen LogP contribution in [0, 0.1) is 6.92 Å². The summed E-state index contributed by atoms with van der Waals surface area (Å²) in [5, 5.41) is 8.69. The minimum atomic E-state index is -0.396. The van der Waals surface area contributed by atoms with Crippen LogP contribution in [0.4, 0.5) is 10.7 Å². The van der Waals surface area contributed by atoms with Gasteiger partial charge in [0.25, 0.3) is 17.7 Å². The van der Waals surface area contributed by atoms with Crippen LogP contribution in [-0.2, 0) is 0 Å². The molecule has 148 valence electrons. The molecule has 3 aromatic rings. The molecule has 0 saturated heterocycles. The molecule has 3 rings (SSSR count). The van der Waals surface area contributed by atoms with Crippen molar-refractivity contribution in [3.8, 4) is 0 Å². The van der Waals surface area contributed by atoms with Crippen LogP contribution < -0.4 is 16.0 Å². The molecule has 29 heavy (non-hydrogen) atoms. The Kier molecular flexibility index (Phi) is 6.25. The van der Waals surface area contributed by atoms with Gasteiger partial charge in [-0.1, -0.05) is 18.2 Å². The molecular formula is C21H19N3O4S. The summed E-state index contributed by atoms with van der Waals surface area (Å²) in [5.41, 5.74) is 1.45. The molecule has 7 nitrogen and oxygen atoms in total. The second-order valence-corrected chi connectivity index (χ2v) is 7.10. The average Bonchev–Trinajstić information content (AvgIpc) is 3.36. The molecule has 0 radical (unpaired) electrons. The number of para-hydroxylation sites is 1. The number of anilines is 2. The maximum absolute atomic E-state index is 12.8. The fourth-order valence-electron chi connectivity index (χ4n) is 2.58. The van der Waals surface area contributed by atoms with E-state index in [-0.39, 0.29) is 17.6 Å². The molecule has 0 unspecified atom stereocenters. The predicted molar refractivity (Wildman–Crippen MR) is 113 cm³/mol. The lowest BCUT2D eigenvalue weighted by atomic mass is 10.1. The fourth-order valence-corrected chi connectivity index (χ4v) is 3.54. The maximum Gasteiger partial charge on any atom is 0.291 e. The Hall–Kier alpha value is -3.65. The summed E-state index contributed by atoms with van der Waals surface area (Å²) in [7, 11) is 0. The van der Waals surface area contributed by atoms with E-state index in [4.69, 9.17) is 4.42 Å². The van der Waals surface area contributed by atoms with Gasteiger partial charge in [0.15, 0.2) is 5.76 Å². The van der Waals surface area contributed by atoms with Gasteiger partial charge in [-0.05, 0) is 42.8 Å². The minimum absolute atomic E-state index is 0.182. The molecule has 0 aliphatic carbocycles. The number of amides is 3. The summed E-state index contributed by atoms with van der Waals surface area (Å²) in [5.74, 6) is -0.890. The van der Waals surface area contributed by atoms with E-state index in [1.807, 2.05) is 0 Å². The Morgan fingerprint density at radius 3 is 2.59 bits per heavy atom. The third-order valence-electron chi connectivity index (χ3n) is 3.93. The molecule has 1 aromatic carbocycles. The standard InChI is InChI=1S/C21H19N3O4S/c1-3-10-22-19(25)14-7-4-5-8-15(14)23-21(27)18-13(2)12-17(29-18)24-20(26)16-9-6-11-28-16/h3-9,11-12H,1,10H2,2H3,(H,22,25)(H,23,27)(H,24,26). The van der Waals surface area contributed by atoms with Gasteiger partial charge in [-0.2, -0.15) is 0 Å². The van der Waals surface area contributed by atoms with E-state index in [0.29, 0.717) is 33.2 Å². The summed E-state index contributed by atoms with van der Waals surface area (Å²) in [4.78, 5) is 37.6. The molecule has 2 heterocycles. The Balaban J connectivity index is 1.75. The van der Waals surface area contributed by atoms with Crippen LogP contribution in [0.1, 0.15) is 36.1 Å². The number of hydrogen-bond donors (Lipinski definition) is 3. The smallest absolute Gasteiger partial charge is 0.291 e. The van der Waals surface area contributed by atoms with Crippen LogP contribution in [0.15, 0.2) is 65.8 Å². The van der Waals surface area contributed by atoms with E-state index in [1.54, 1.807) is 55.5 Å². The molecule has 0 aliphatic rings. The van der Waals surface area contributed by atoms with E-state index in [0.717, 1.165) is 11.3 Å². The fraction of sp³-hybridized carbons (Fsp3) is 0.0952. The highest BCUT2D eigenvalue weighted by atomic mass is 32.1. The first-order chi connectivity index (χ1) is 14.0. The Bertz CT molecular complexity index is 1050. The topological polar surface area (TPSA) is 100 Å². The van der Waals surface area contributed by atoms with Crippen LogP contribution >= 0.6 is 11.3 Å². The molecule has 0 saturated carbocycles. The molecule has 0 spiro atoms. The number of carbonyl (C=O) groups excluding carboxylic acids is 3. The zero-order valence-electron chi connectivity index (χ0n) is 15.7. The van der Waals surface area contributed by atoms with Crippen molar-refractivity contribution in [3.63, 3.8) is 0 Å². The maximum atomic E-state index is 12.8. The highest BCUT2D eigenvalue weighted by molar-refractivity contribution is 7.18. The van der Waals surface area contributed by atoms with Crippen molar-refractivity contribution in [1.29, 1.82) is 0 Å². The van der Waals surface area contributed by atoms with Crippen molar-refractivity contribution >= 4 is 39.7 Å². The van der Waals surface area contributed by atoms with Crippen molar-refractivity contribution in [2.75, 3.05) is 17.2 Å². The molecule has 0 aliphatic heterocycles. The summed E-state index contributed by atoms with van der Waals surface area (Å²) in [6, 6.07) is 11.6. The minimum Gasteiger partial charge on any atom is -0.459 e. The Morgan fingerprint density at radius 1 is 1.07 bits per heavy atom. The number of carbonyl (C=O) groups is 3. The van der Waals surface area contributed by atoms with Crippen molar-refractivity contribution < 1.29 is 18.8 Å². The normalized spacial score (nSPS) is 10.2. The molecule has 3 amide bonds. The number of furan rings is 1. The number of nitrogens with one attached hydrogen (secondary N) is 3. The third kappa shape index (κ3) is 4.80. The van der Waals surface area contributed by atoms with E-state index in [1.165, 1.54) is 6.26 Å². The highest BCUT2D eigenvalue weighted by Crippen LogP contribution is 2.28. The highest BCUT2D eigenvalue weighted by Gasteiger charge is 2.19. The first-order valence-electron chi connectivity index (χ1n) is 8.74. The van der Waals surface area contributed by atoms with Gasteiger partial charge in [-0.15, -0.1) is 17.9 Å². The molecule has 8 heteroatoms. The van der Waals surface area contributed by atoms with Gasteiger partial charge in [-0.25, -0.2) is 0 Å². The first-order valence-corrected chi connectivity index (χ1v) is 9.56. The van der Waals surface area contributed by atoms with Gasteiger partial charge in [-0.3, -0.25) is 14.4 Å². The lowest BCUT2D eigenvalue weighted by molar-refractivity contribution is 0.0957. The summed E-state index contributed by atoms with van der Waals surface area (Å²) in [6.45, 7) is 5.66. The van der Waals surface area contributed by atoms with E-state index in [2.05, 4.69) is 22.5 Å². The van der Waals surface area contributed by atoms with Crippen molar-refractivity contribution in [2.24, 2.45) is 0 Å². The van der Waals surface area contributed by atoms with Crippen LogP contribution in [0.2, 0.25) is 0 Å². The second-order valence-electron chi connectivity index (χ2n) is 6.05. The molecule has 0 bridgehead atoms. The van der Waals surface area contributed by atoms with Gasteiger partial charge in [0.2, 0.25) is 0 Å². The largest absolute Gasteiger partial charge is 0.459 e. The Morgan fingerprint density at radius 2 is 1.86 bits per heavy atom. The number of hydrogen-bond acceptors (Lipinski definition) is 5. The molecule has 3 N–H and O–H groups in total. The second kappa shape index (κ2) is 9.03. The summed E-state index contributed by atoms with van der Waals surface area (Å²) >= 11 is 1.14. The Labute approximate surface area is 171 Å². The zero-order valence-corrected chi connectivity index (χ0v) is 16.5.